The first kappa shape index (κ1) is 13.8. The number of benzene rings is 2. The summed E-state index contributed by atoms with van der Waals surface area (Å²) in [5.74, 6) is 0. The maximum Gasteiger partial charge on any atom is 0.0749 e. The van der Waals surface area contributed by atoms with E-state index in [0.717, 1.165) is 11.2 Å². The number of rotatable bonds is 3. The van der Waals surface area contributed by atoms with Crippen LogP contribution in [0, 0.1) is 13.8 Å². The lowest BCUT2D eigenvalue weighted by Crippen LogP contribution is -2.19. The number of nitrogens with one attached hydrogen (secondary N) is 1. The molecule has 3 rings (SSSR count). The van der Waals surface area contributed by atoms with E-state index < -0.39 is 0 Å². The summed E-state index contributed by atoms with van der Waals surface area (Å²) in [6, 6.07) is 19.3. The molecule has 1 heterocycles. The van der Waals surface area contributed by atoms with Crippen LogP contribution in [0.3, 0.4) is 0 Å². The van der Waals surface area contributed by atoms with Crippen molar-refractivity contribution in [2.24, 2.45) is 0 Å². The van der Waals surface area contributed by atoms with Crippen LogP contribution < -0.4 is 5.32 Å². The Morgan fingerprint density at radius 2 is 1.62 bits per heavy atom. The molecule has 0 aliphatic rings. The average molecular weight is 276 g/mol. The molecule has 0 amide bonds. The third kappa shape index (κ3) is 2.81. The van der Waals surface area contributed by atoms with Gasteiger partial charge in [-0.2, -0.15) is 0 Å². The predicted molar refractivity (Wildman–Crippen MR) is 88.6 cm³/mol. The molecule has 0 aliphatic carbocycles. The third-order valence-electron chi connectivity index (χ3n) is 3.78. The molecule has 1 aromatic heterocycles. The molecule has 2 nitrogen and oxygen atoms in total. The maximum absolute atomic E-state index is 4.82. The minimum Gasteiger partial charge on any atom is -0.308 e. The first-order valence-electron chi connectivity index (χ1n) is 7.28. The highest BCUT2D eigenvalue weighted by Crippen LogP contribution is 2.24. The minimum absolute atomic E-state index is 0.119. The van der Waals surface area contributed by atoms with Crippen molar-refractivity contribution in [2.45, 2.75) is 19.9 Å². The summed E-state index contributed by atoms with van der Waals surface area (Å²) in [5, 5.41) is 4.57. The third-order valence-corrected chi connectivity index (χ3v) is 3.78. The lowest BCUT2D eigenvalue weighted by Gasteiger charge is -2.18. The molecule has 1 unspecified atom stereocenters. The quantitative estimate of drug-likeness (QED) is 0.777. The van der Waals surface area contributed by atoms with E-state index in [1.165, 1.54) is 22.1 Å². The van der Waals surface area contributed by atoms with Crippen LogP contribution >= 0.6 is 0 Å². The number of para-hydroxylation sites is 1. The molecule has 21 heavy (non-hydrogen) atoms. The van der Waals surface area contributed by atoms with Crippen molar-refractivity contribution in [1.29, 1.82) is 0 Å². The van der Waals surface area contributed by atoms with Gasteiger partial charge in [-0.25, -0.2) is 0 Å². The van der Waals surface area contributed by atoms with Gasteiger partial charge >= 0.3 is 0 Å². The van der Waals surface area contributed by atoms with Gasteiger partial charge in [-0.3, -0.25) is 4.98 Å². The molecule has 0 aliphatic heterocycles. The van der Waals surface area contributed by atoms with Crippen LogP contribution in [0.4, 0.5) is 0 Å². The molecule has 0 bridgehead atoms. The molecular formula is C19H20N2. The first-order chi connectivity index (χ1) is 10.2. The summed E-state index contributed by atoms with van der Waals surface area (Å²) < 4.78 is 0. The number of hydrogen-bond donors (Lipinski definition) is 1. The molecule has 2 aromatic carbocycles. The van der Waals surface area contributed by atoms with Crippen molar-refractivity contribution >= 4 is 10.9 Å². The van der Waals surface area contributed by atoms with Crippen LogP contribution in [0.25, 0.3) is 10.9 Å². The highest BCUT2D eigenvalue weighted by atomic mass is 14.9. The number of aromatic nitrogens is 1. The van der Waals surface area contributed by atoms with E-state index in [1.807, 2.05) is 19.2 Å². The smallest absolute Gasteiger partial charge is 0.0749 e. The highest BCUT2D eigenvalue weighted by molar-refractivity contribution is 5.78. The van der Waals surface area contributed by atoms with Crippen molar-refractivity contribution < 1.29 is 0 Å². The molecule has 0 saturated heterocycles. The topological polar surface area (TPSA) is 24.9 Å². The van der Waals surface area contributed by atoms with Crippen molar-refractivity contribution in [3.63, 3.8) is 0 Å². The van der Waals surface area contributed by atoms with E-state index in [9.17, 15) is 0 Å². The summed E-state index contributed by atoms with van der Waals surface area (Å²) in [6.07, 6.45) is 0. The fourth-order valence-electron chi connectivity index (χ4n) is 2.90. The Balaban J connectivity index is 2.08. The van der Waals surface area contributed by atoms with Crippen molar-refractivity contribution in [2.75, 3.05) is 7.05 Å². The summed E-state index contributed by atoms with van der Waals surface area (Å²) >= 11 is 0. The minimum atomic E-state index is 0.119. The van der Waals surface area contributed by atoms with Crippen LogP contribution in [0.2, 0.25) is 0 Å². The van der Waals surface area contributed by atoms with Crippen LogP contribution in [0.15, 0.2) is 54.6 Å². The monoisotopic (exact) mass is 276 g/mol. The second-order valence-electron chi connectivity index (χ2n) is 5.57. The zero-order valence-electron chi connectivity index (χ0n) is 12.7. The average Bonchev–Trinajstić information content (AvgIpc) is 2.47. The second kappa shape index (κ2) is 5.66. The Kier molecular flexibility index (Phi) is 3.72. The first-order valence-corrected chi connectivity index (χ1v) is 7.28. The number of nitrogens with zero attached hydrogens (tertiary/aromatic N) is 1. The second-order valence-corrected chi connectivity index (χ2v) is 5.57. The fraction of sp³-hybridized carbons (Fsp3) is 0.211. The Morgan fingerprint density at radius 3 is 2.33 bits per heavy atom. The van der Waals surface area contributed by atoms with E-state index >= 15 is 0 Å². The zero-order valence-corrected chi connectivity index (χ0v) is 12.7. The lowest BCUT2D eigenvalue weighted by molar-refractivity contribution is 0.673. The number of hydrogen-bond acceptors (Lipinski definition) is 2. The van der Waals surface area contributed by atoms with E-state index in [4.69, 9.17) is 4.98 Å². The lowest BCUT2D eigenvalue weighted by atomic mass is 9.98. The van der Waals surface area contributed by atoms with Gasteiger partial charge in [-0.1, -0.05) is 53.6 Å². The zero-order chi connectivity index (χ0) is 14.8. The summed E-state index contributed by atoms with van der Waals surface area (Å²) in [5.41, 5.74) is 5.93. The predicted octanol–water partition coefficient (Wildman–Crippen LogP) is 4.16. The fourth-order valence-corrected chi connectivity index (χ4v) is 2.90. The Bertz CT molecular complexity index is 757. The molecule has 0 spiro atoms. The van der Waals surface area contributed by atoms with Crippen LogP contribution in [-0.2, 0) is 0 Å². The Labute approximate surface area is 125 Å². The van der Waals surface area contributed by atoms with Crippen molar-refractivity contribution in [3.05, 3.63) is 77.0 Å². The molecule has 1 N–H and O–H groups in total. The molecular weight excluding hydrogens is 256 g/mol. The number of pyridine rings is 1. The molecule has 0 saturated carbocycles. The molecule has 0 fully saturated rings. The van der Waals surface area contributed by atoms with E-state index in [1.54, 1.807) is 0 Å². The van der Waals surface area contributed by atoms with Gasteiger partial charge in [-0.05, 0) is 38.6 Å². The van der Waals surface area contributed by atoms with E-state index in [-0.39, 0.29) is 6.04 Å². The summed E-state index contributed by atoms with van der Waals surface area (Å²) in [7, 11) is 1.99. The van der Waals surface area contributed by atoms with Gasteiger partial charge in [0.1, 0.15) is 0 Å². The van der Waals surface area contributed by atoms with Crippen molar-refractivity contribution in [1.82, 2.24) is 10.3 Å². The van der Waals surface area contributed by atoms with Gasteiger partial charge in [0.2, 0.25) is 0 Å². The van der Waals surface area contributed by atoms with Gasteiger partial charge in [0, 0.05) is 5.39 Å². The summed E-state index contributed by atoms with van der Waals surface area (Å²) in [6.45, 7) is 4.27. The number of fused-ring (bicyclic) bond motifs is 1. The number of aryl methyl sites for hydroxylation is 2. The molecule has 0 radical (unpaired) electrons. The van der Waals surface area contributed by atoms with Crippen molar-refractivity contribution in [3.8, 4) is 0 Å². The molecule has 2 heteroatoms. The normalized spacial score (nSPS) is 12.5. The Hall–Kier alpha value is -2.19. The largest absolute Gasteiger partial charge is 0.308 e. The van der Waals surface area contributed by atoms with Crippen LogP contribution in [0.1, 0.15) is 28.4 Å². The van der Waals surface area contributed by atoms with Gasteiger partial charge < -0.3 is 5.32 Å². The highest BCUT2D eigenvalue weighted by Gasteiger charge is 2.14. The molecule has 1 atom stereocenters. The van der Waals surface area contributed by atoms with Crippen LogP contribution in [-0.4, -0.2) is 12.0 Å². The van der Waals surface area contributed by atoms with E-state index in [2.05, 4.69) is 61.6 Å². The van der Waals surface area contributed by atoms with E-state index in [0.29, 0.717) is 0 Å². The van der Waals surface area contributed by atoms with Gasteiger partial charge in [0.25, 0.3) is 0 Å². The van der Waals surface area contributed by atoms with Gasteiger partial charge in [0.05, 0.1) is 17.3 Å². The van der Waals surface area contributed by atoms with Crippen LogP contribution in [0.5, 0.6) is 0 Å². The standard InChI is InChI=1S/C19H20N2/c1-13-10-14(2)12-16(11-13)19(20-3)18-9-8-15-6-4-5-7-17(15)21-18/h4-12,19-20H,1-3H3. The molecule has 106 valence electrons. The van der Waals surface area contributed by atoms with Gasteiger partial charge in [-0.15, -0.1) is 0 Å². The summed E-state index contributed by atoms with van der Waals surface area (Å²) in [4.78, 5) is 4.82. The van der Waals surface area contributed by atoms with Gasteiger partial charge in [0.15, 0.2) is 0 Å². The SMILES string of the molecule is CNC(c1cc(C)cc(C)c1)c1ccc2ccccc2n1. The maximum atomic E-state index is 4.82. The molecule has 3 aromatic rings. The Morgan fingerprint density at radius 1 is 0.905 bits per heavy atom.